The van der Waals surface area contributed by atoms with Gasteiger partial charge in [0.25, 0.3) is 5.91 Å². The first-order valence-electron chi connectivity index (χ1n) is 11.9. The number of hydrogen-bond donors (Lipinski definition) is 1. The number of amides is 3. The van der Waals surface area contributed by atoms with E-state index in [2.05, 4.69) is 22.3 Å². The van der Waals surface area contributed by atoms with E-state index < -0.39 is 6.04 Å². The van der Waals surface area contributed by atoms with Crippen molar-refractivity contribution < 1.29 is 28.6 Å². The largest absolute Gasteiger partial charge is 0.493 e. The van der Waals surface area contributed by atoms with E-state index in [0.717, 1.165) is 5.69 Å². The molecule has 2 aliphatic heterocycles. The van der Waals surface area contributed by atoms with Crippen LogP contribution in [0.4, 0.5) is 5.69 Å². The minimum atomic E-state index is -0.898. The van der Waals surface area contributed by atoms with Crippen LogP contribution in [0.2, 0.25) is 0 Å². The van der Waals surface area contributed by atoms with Crippen molar-refractivity contribution >= 4 is 23.4 Å². The molecule has 1 atom stereocenters. The van der Waals surface area contributed by atoms with Gasteiger partial charge in [0.15, 0.2) is 11.5 Å². The van der Waals surface area contributed by atoms with Crippen LogP contribution in [-0.4, -0.2) is 94.2 Å². The second-order valence-electron chi connectivity index (χ2n) is 8.63. The molecule has 1 N–H and O–H groups in total. The number of benzene rings is 2. The first-order chi connectivity index (χ1) is 17.5. The average molecular weight is 497 g/mol. The Balaban J connectivity index is 1.47. The minimum Gasteiger partial charge on any atom is -0.493 e. The lowest BCUT2D eigenvalue weighted by molar-refractivity contribution is -0.138. The molecule has 3 amide bonds. The highest BCUT2D eigenvalue weighted by Crippen LogP contribution is 2.38. The third kappa shape index (κ3) is 5.17. The lowest BCUT2D eigenvalue weighted by Crippen LogP contribution is -2.59. The summed E-state index contributed by atoms with van der Waals surface area (Å²) in [4.78, 5) is 44.9. The molecule has 10 heteroatoms. The van der Waals surface area contributed by atoms with Crippen molar-refractivity contribution in [3.05, 3.63) is 48.0 Å². The molecule has 4 rings (SSSR count). The lowest BCUT2D eigenvalue weighted by Gasteiger charge is -2.39. The van der Waals surface area contributed by atoms with Crippen molar-refractivity contribution in [1.82, 2.24) is 15.1 Å². The van der Waals surface area contributed by atoms with Gasteiger partial charge < -0.3 is 34.2 Å². The SMILES string of the molecule is COc1cc(C(=O)N2CCNC(=O)[C@@H]2CC(=O)N2CCN(c3ccccc3)CC2)cc(OC)c1OC. The van der Waals surface area contributed by atoms with Gasteiger partial charge >= 0.3 is 0 Å². The Morgan fingerprint density at radius 1 is 0.917 bits per heavy atom. The van der Waals surface area contributed by atoms with Crippen LogP contribution in [0.15, 0.2) is 42.5 Å². The van der Waals surface area contributed by atoms with E-state index in [1.165, 1.54) is 26.2 Å². The molecular formula is C26H32N4O6. The number of anilines is 1. The topological polar surface area (TPSA) is 101 Å². The zero-order valence-electron chi connectivity index (χ0n) is 20.9. The van der Waals surface area contributed by atoms with Crippen molar-refractivity contribution in [2.24, 2.45) is 0 Å². The van der Waals surface area contributed by atoms with E-state index in [9.17, 15) is 14.4 Å². The number of rotatable bonds is 7. The maximum atomic E-state index is 13.5. The number of carbonyl (C=O) groups is 3. The van der Waals surface area contributed by atoms with Gasteiger partial charge in [0.05, 0.1) is 27.8 Å². The summed E-state index contributed by atoms with van der Waals surface area (Å²) in [5, 5.41) is 2.79. The quantitative estimate of drug-likeness (QED) is 0.618. The van der Waals surface area contributed by atoms with Crippen LogP contribution >= 0.6 is 0 Å². The van der Waals surface area contributed by atoms with Gasteiger partial charge in [-0.25, -0.2) is 0 Å². The van der Waals surface area contributed by atoms with Gasteiger partial charge in [-0.15, -0.1) is 0 Å². The number of para-hydroxylation sites is 1. The fraction of sp³-hybridized carbons (Fsp3) is 0.423. The number of nitrogens with zero attached hydrogens (tertiary/aromatic N) is 3. The summed E-state index contributed by atoms with van der Waals surface area (Å²) in [6, 6.07) is 12.3. The van der Waals surface area contributed by atoms with Gasteiger partial charge in [-0.1, -0.05) is 18.2 Å². The third-order valence-corrected chi connectivity index (χ3v) is 6.63. The lowest BCUT2D eigenvalue weighted by atomic mass is 10.0. The summed E-state index contributed by atoms with van der Waals surface area (Å²) in [6.07, 6.45) is -0.0761. The maximum Gasteiger partial charge on any atom is 0.254 e. The molecule has 2 fully saturated rings. The molecule has 2 aliphatic rings. The molecule has 2 aromatic rings. The zero-order chi connectivity index (χ0) is 25.7. The summed E-state index contributed by atoms with van der Waals surface area (Å²) >= 11 is 0. The highest BCUT2D eigenvalue weighted by Gasteiger charge is 2.37. The van der Waals surface area contributed by atoms with Gasteiger partial charge in [0.2, 0.25) is 17.6 Å². The summed E-state index contributed by atoms with van der Waals surface area (Å²) in [6.45, 7) is 3.14. The van der Waals surface area contributed by atoms with Gasteiger partial charge in [-0.3, -0.25) is 14.4 Å². The summed E-state index contributed by atoms with van der Waals surface area (Å²) in [7, 11) is 4.43. The van der Waals surface area contributed by atoms with E-state index in [1.54, 1.807) is 17.0 Å². The number of methoxy groups -OCH3 is 3. The highest BCUT2D eigenvalue weighted by molar-refractivity contribution is 6.00. The Morgan fingerprint density at radius 2 is 1.56 bits per heavy atom. The zero-order valence-corrected chi connectivity index (χ0v) is 20.9. The minimum absolute atomic E-state index is 0.0761. The van der Waals surface area contributed by atoms with Crippen molar-refractivity contribution in [2.45, 2.75) is 12.5 Å². The van der Waals surface area contributed by atoms with Crippen LogP contribution in [0, 0.1) is 0 Å². The predicted octanol–water partition coefficient (Wildman–Crippen LogP) is 1.39. The molecule has 0 aromatic heterocycles. The van der Waals surface area contributed by atoms with Gasteiger partial charge in [0.1, 0.15) is 6.04 Å². The van der Waals surface area contributed by atoms with Gasteiger partial charge in [-0.05, 0) is 24.3 Å². The second kappa shape index (κ2) is 11.2. The molecule has 2 saturated heterocycles. The fourth-order valence-electron chi connectivity index (χ4n) is 4.68. The maximum absolute atomic E-state index is 13.5. The molecule has 2 aromatic carbocycles. The van der Waals surface area contributed by atoms with Crippen LogP contribution in [0.1, 0.15) is 16.8 Å². The van der Waals surface area contributed by atoms with E-state index >= 15 is 0 Å². The van der Waals surface area contributed by atoms with Crippen molar-refractivity contribution in [2.75, 3.05) is 65.5 Å². The fourth-order valence-corrected chi connectivity index (χ4v) is 4.68. The van der Waals surface area contributed by atoms with E-state index in [4.69, 9.17) is 14.2 Å². The number of nitrogens with one attached hydrogen (secondary N) is 1. The summed E-state index contributed by atoms with van der Waals surface area (Å²) in [5.41, 5.74) is 1.41. The number of piperazine rings is 2. The molecular weight excluding hydrogens is 464 g/mol. The number of carbonyl (C=O) groups excluding carboxylic acids is 3. The Hall–Kier alpha value is -3.95. The Bertz CT molecular complexity index is 1080. The second-order valence-corrected chi connectivity index (χ2v) is 8.63. The van der Waals surface area contributed by atoms with Crippen LogP contribution in [0.3, 0.4) is 0 Å². The first kappa shape index (κ1) is 25.2. The molecule has 36 heavy (non-hydrogen) atoms. The number of ether oxygens (including phenoxy) is 3. The highest BCUT2D eigenvalue weighted by atomic mass is 16.5. The molecule has 0 bridgehead atoms. The van der Waals surface area contributed by atoms with Crippen LogP contribution in [-0.2, 0) is 9.59 Å². The summed E-state index contributed by atoms with van der Waals surface area (Å²) < 4.78 is 16.1. The molecule has 192 valence electrons. The van der Waals surface area contributed by atoms with E-state index in [-0.39, 0.29) is 29.7 Å². The molecule has 0 aliphatic carbocycles. The third-order valence-electron chi connectivity index (χ3n) is 6.63. The van der Waals surface area contributed by atoms with Crippen LogP contribution in [0.25, 0.3) is 0 Å². The van der Waals surface area contributed by atoms with Crippen molar-refractivity contribution in [1.29, 1.82) is 0 Å². The Labute approximate surface area is 210 Å². The standard InChI is InChI=1S/C26H32N4O6/c1-34-21-15-18(16-22(35-2)24(21)36-3)26(33)30-10-9-27-25(32)20(30)17-23(31)29-13-11-28(12-14-29)19-7-5-4-6-8-19/h4-8,15-16,20H,9-14,17H2,1-3H3,(H,27,32)/t20-/m0/s1. The van der Waals surface area contributed by atoms with Crippen LogP contribution < -0.4 is 24.4 Å². The average Bonchev–Trinajstić information content (AvgIpc) is 2.93. The number of hydrogen-bond acceptors (Lipinski definition) is 7. The molecule has 0 spiro atoms. The molecule has 10 nitrogen and oxygen atoms in total. The van der Waals surface area contributed by atoms with E-state index in [1.807, 2.05) is 18.2 Å². The monoisotopic (exact) mass is 496 g/mol. The normalized spacial score (nSPS) is 17.9. The smallest absolute Gasteiger partial charge is 0.254 e. The van der Waals surface area contributed by atoms with Crippen molar-refractivity contribution in [3.8, 4) is 17.2 Å². The predicted molar refractivity (Wildman–Crippen MR) is 134 cm³/mol. The van der Waals surface area contributed by atoms with Crippen LogP contribution in [0.5, 0.6) is 17.2 Å². The van der Waals surface area contributed by atoms with Gasteiger partial charge in [0, 0.05) is 50.5 Å². The Morgan fingerprint density at radius 3 is 2.14 bits per heavy atom. The molecule has 2 heterocycles. The molecule has 0 unspecified atom stereocenters. The first-order valence-corrected chi connectivity index (χ1v) is 11.9. The van der Waals surface area contributed by atoms with Gasteiger partial charge in [-0.2, -0.15) is 0 Å². The Kier molecular flexibility index (Phi) is 7.82. The molecule has 0 radical (unpaired) electrons. The summed E-state index contributed by atoms with van der Waals surface area (Å²) in [5.74, 6) is 0.187. The van der Waals surface area contributed by atoms with Crippen molar-refractivity contribution in [3.63, 3.8) is 0 Å². The van der Waals surface area contributed by atoms with E-state index in [0.29, 0.717) is 56.5 Å². The molecule has 0 saturated carbocycles.